The molecule has 92 valence electrons. The smallest absolute Gasteiger partial charge is 0.279 e. The third-order valence-electron chi connectivity index (χ3n) is 2.21. The van der Waals surface area contributed by atoms with E-state index in [4.69, 9.17) is 0 Å². The maximum absolute atomic E-state index is 11.7. The van der Waals surface area contributed by atoms with Crippen molar-refractivity contribution in [2.75, 3.05) is 13.6 Å². The van der Waals surface area contributed by atoms with Gasteiger partial charge in [0.15, 0.2) is 0 Å². The fraction of sp³-hybridized carbons (Fsp3) is 0.667. The van der Waals surface area contributed by atoms with Crippen LogP contribution >= 0.6 is 0 Å². The van der Waals surface area contributed by atoms with E-state index >= 15 is 0 Å². The molecular formula is C9H18N4O2S. The molecule has 0 unspecified atom stereocenters. The van der Waals surface area contributed by atoms with E-state index in [0.29, 0.717) is 12.4 Å². The first-order chi connectivity index (χ1) is 7.56. The van der Waals surface area contributed by atoms with Crippen LogP contribution in [0.15, 0.2) is 12.4 Å². The van der Waals surface area contributed by atoms with E-state index in [0.717, 1.165) is 12.8 Å². The summed E-state index contributed by atoms with van der Waals surface area (Å²) in [6, 6.07) is 0. The van der Waals surface area contributed by atoms with Gasteiger partial charge in [0.05, 0.1) is 6.54 Å². The molecule has 0 fully saturated rings. The number of imidazole rings is 1. The molecule has 0 aliphatic heterocycles. The maximum Gasteiger partial charge on any atom is 0.279 e. The highest BCUT2D eigenvalue weighted by Crippen LogP contribution is 1.99. The van der Waals surface area contributed by atoms with Crippen LogP contribution in [0.3, 0.4) is 0 Å². The molecule has 0 saturated heterocycles. The molecule has 0 radical (unpaired) electrons. The predicted octanol–water partition coefficient (Wildman–Crippen LogP) is 0.476. The van der Waals surface area contributed by atoms with E-state index in [1.54, 1.807) is 19.4 Å². The van der Waals surface area contributed by atoms with Gasteiger partial charge in [-0.15, -0.1) is 0 Å². The van der Waals surface area contributed by atoms with Crippen molar-refractivity contribution in [3.8, 4) is 0 Å². The second kappa shape index (κ2) is 5.97. The van der Waals surface area contributed by atoms with Crippen LogP contribution in [-0.2, 0) is 16.8 Å². The number of aromatic nitrogens is 2. The number of H-pyrrole nitrogens is 1. The Hall–Kier alpha value is -0.920. The summed E-state index contributed by atoms with van der Waals surface area (Å²) < 4.78 is 27.2. The Bertz CT molecular complexity index is 388. The zero-order valence-corrected chi connectivity index (χ0v) is 10.4. The molecule has 6 nitrogen and oxygen atoms in total. The highest BCUT2D eigenvalue weighted by atomic mass is 32.2. The van der Waals surface area contributed by atoms with Crippen LogP contribution in [0, 0.1) is 0 Å². The van der Waals surface area contributed by atoms with Crippen LogP contribution in [0.4, 0.5) is 0 Å². The molecule has 7 heteroatoms. The summed E-state index contributed by atoms with van der Waals surface area (Å²) >= 11 is 0. The van der Waals surface area contributed by atoms with E-state index in [9.17, 15) is 8.42 Å². The van der Waals surface area contributed by atoms with Crippen molar-refractivity contribution in [2.45, 2.75) is 26.3 Å². The standard InChI is InChI=1S/C9H18N4O2S/c1-3-4-7-13(2)16(14,15)12-8-9-10-5-6-11-9/h5-6,12H,3-4,7-8H2,1-2H3,(H,10,11). The highest BCUT2D eigenvalue weighted by Gasteiger charge is 2.16. The van der Waals surface area contributed by atoms with Gasteiger partial charge >= 0.3 is 0 Å². The largest absolute Gasteiger partial charge is 0.347 e. The van der Waals surface area contributed by atoms with E-state index in [2.05, 4.69) is 14.7 Å². The lowest BCUT2D eigenvalue weighted by Gasteiger charge is -2.16. The molecule has 0 aromatic carbocycles. The summed E-state index contributed by atoms with van der Waals surface area (Å²) in [5.41, 5.74) is 0. The van der Waals surface area contributed by atoms with Gasteiger partial charge in [-0.2, -0.15) is 17.4 Å². The number of nitrogens with zero attached hydrogens (tertiary/aromatic N) is 2. The molecule has 0 saturated carbocycles. The minimum absolute atomic E-state index is 0.186. The van der Waals surface area contributed by atoms with E-state index < -0.39 is 10.2 Å². The average Bonchev–Trinajstić information content (AvgIpc) is 2.76. The molecule has 1 rings (SSSR count). The Kier molecular flexibility index (Phi) is 4.91. The average molecular weight is 246 g/mol. The second-order valence-electron chi connectivity index (χ2n) is 3.54. The van der Waals surface area contributed by atoms with Crippen LogP contribution < -0.4 is 4.72 Å². The summed E-state index contributed by atoms with van der Waals surface area (Å²) in [6.45, 7) is 2.74. The summed E-state index contributed by atoms with van der Waals surface area (Å²) in [4.78, 5) is 6.78. The fourth-order valence-electron chi connectivity index (χ4n) is 1.17. The minimum atomic E-state index is -3.39. The lowest BCUT2D eigenvalue weighted by molar-refractivity contribution is 0.448. The number of rotatable bonds is 7. The van der Waals surface area contributed by atoms with Crippen molar-refractivity contribution < 1.29 is 8.42 Å². The molecule has 1 aromatic heterocycles. The molecule has 0 bridgehead atoms. The van der Waals surface area contributed by atoms with Gasteiger partial charge in [-0.1, -0.05) is 13.3 Å². The highest BCUT2D eigenvalue weighted by molar-refractivity contribution is 7.87. The van der Waals surface area contributed by atoms with Crippen LogP contribution in [0.25, 0.3) is 0 Å². The van der Waals surface area contributed by atoms with Gasteiger partial charge in [-0.25, -0.2) is 4.98 Å². The van der Waals surface area contributed by atoms with Crippen LogP contribution in [0.5, 0.6) is 0 Å². The lowest BCUT2D eigenvalue weighted by atomic mass is 10.3. The first-order valence-electron chi connectivity index (χ1n) is 5.25. The topological polar surface area (TPSA) is 78.1 Å². The summed E-state index contributed by atoms with van der Waals surface area (Å²) in [5.74, 6) is 0.604. The van der Waals surface area contributed by atoms with Gasteiger partial charge in [-0.3, -0.25) is 0 Å². The molecule has 1 aromatic rings. The van der Waals surface area contributed by atoms with Crippen LogP contribution in [-0.4, -0.2) is 36.3 Å². The number of unbranched alkanes of at least 4 members (excludes halogenated alkanes) is 1. The number of hydrogen-bond acceptors (Lipinski definition) is 3. The predicted molar refractivity (Wildman–Crippen MR) is 61.9 cm³/mol. The first kappa shape index (κ1) is 13.1. The van der Waals surface area contributed by atoms with Crippen molar-refractivity contribution >= 4 is 10.2 Å². The molecule has 2 N–H and O–H groups in total. The van der Waals surface area contributed by atoms with E-state index in [-0.39, 0.29) is 6.54 Å². The number of nitrogens with one attached hydrogen (secondary N) is 2. The summed E-state index contributed by atoms with van der Waals surface area (Å²) in [6.07, 6.45) is 5.07. The fourth-order valence-corrected chi connectivity index (χ4v) is 2.07. The van der Waals surface area contributed by atoms with Gasteiger partial charge in [0.1, 0.15) is 5.82 Å². The van der Waals surface area contributed by atoms with E-state index in [1.807, 2.05) is 6.92 Å². The van der Waals surface area contributed by atoms with Gasteiger partial charge < -0.3 is 4.98 Å². The maximum atomic E-state index is 11.7. The van der Waals surface area contributed by atoms with Crippen molar-refractivity contribution in [3.05, 3.63) is 18.2 Å². The third-order valence-corrected chi connectivity index (χ3v) is 3.73. The van der Waals surface area contributed by atoms with Gasteiger partial charge in [0, 0.05) is 26.0 Å². The Morgan fingerprint density at radius 3 is 2.88 bits per heavy atom. The molecule has 1 heterocycles. The Balaban J connectivity index is 2.45. The van der Waals surface area contributed by atoms with Gasteiger partial charge in [0.2, 0.25) is 0 Å². The first-order valence-corrected chi connectivity index (χ1v) is 6.69. The Morgan fingerprint density at radius 2 is 2.31 bits per heavy atom. The quantitative estimate of drug-likeness (QED) is 0.734. The second-order valence-corrected chi connectivity index (χ2v) is 5.40. The summed E-state index contributed by atoms with van der Waals surface area (Å²) in [5, 5.41) is 0. The Morgan fingerprint density at radius 1 is 1.56 bits per heavy atom. The molecule has 0 amide bonds. The molecule has 0 atom stereocenters. The molecule has 0 spiro atoms. The number of hydrogen-bond donors (Lipinski definition) is 2. The molecular weight excluding hydrogens is 228 g/mol. The van der Waals surface area contributed by atoms with E-state index in [1.165, 1.54) is 4.31 Å². The van der Waals surface area contributed by atoms with Gasteiger partial charge in [-0.05, 0) is 6.42 Å². The van der Waals surface area contributed by atoms with Crippen LogP contribution in [0.2, 0.25) is 0 Å². The molecule has 0 aliphatic rings. The van der Waals surface area contributed by atoms with Crippen molar-refractivity contribution in [1.82, 2.24) is 19.0 Å². The lowest BCUT2D eigenvalue weighted by Crippen LogP contribution is -2.38. The van der Waals surface area contributed by atoms with Crippen molar-refractivity contribution in [2.24, 2.45) is 0 Å². The summed E-state index contributed by atoms with van der Waals surface area (Å²) in [7, 11) is -1.82. The van der Waals surface area contributed by atoms with Gasteiger partial charge in [0.25, 0.3) is 10.2 Å². The molecule has 0 aliphatic carbocycles. The zero-order valence-electron chi connectivity index (χ0n) is 9.60. The van der Waals surface area contributed by atoms with Crippen molar-refractivity contribution in [1.29, 1.82) is 0 Å². The molecule has 16 heavy (non-hydrogen) atoms. The SMILES string of the molecule is CCCCN(C)S(=O)(=O)NCc1ncc[nH]1. The zero-order chi connectivity index (χ0) is 12.0. The Labute approximate surface area is 96.3 Å². The third kappa shape index (κ3) is 3.92. The minimum Gasteiger partial charge on any atom is -0.347 e. The number of aromatic amines is 1. The normalized spacial score (nSPS) is 12.2. The monoisotopic (exact) mass is 246 g/mol. The van der Waals surface area contributed by atoms with Crippen molar-refractivity contribution in [3.63, 3.8) is 0 Å². The van der Waals surface area contributed by atoms with Crippen LogP contribution in [0.1, 0.15) is 25.6 Å².